The van der Waals surface area contributed by atoms with Gasteiger partial charge in [0.15, 0.2) is 0 Å². The van der Waals surface area contributed by atoms with Crippen molar-refractivity contribution < 1.29 is 10.1 Å². The van der Waals surface area contributed by atoms with Gasteiger partial charge in [0.25, 0.3) is 0 Å². The molecule has 1 aliphatic heterocycles. The molecule has 0 radical (unpaired) electrons. The maximum Gasteiger partial charge on any atom is 0.101 e. The summed E-state index contributed by atoms with van der Waals surface area (Å²) in [4.78, 5) is 2.15. The number of ether oxygens (including phenoxy) is 1. The molecule has 1 atom stereocenters. The molecule has 1 aromatic carbocycles. The van der Waals surface area contributed by atoms with E-state index in [9.17, 15) is 0 Å². The van der Waals surface area contributed by atoms with Crippen LogP contribution in [0.25, 0.3) is 0 Å². The van der Waals surface area contributed by atoms with Crippen molar-refractivity contribution in [3.63, 3.8) is 0 Å². The van der Waals surface area contributed by atoms with Crippen molar-refractivity contribution in [3.05, 3.63) is 29.8 Å². The summed E-state index contributed by atoms with van der Waals surface area (Å²) in [5, 5.41) is 2.47. The molecule has 1 aliphatic rings. The van der Waals surface area contributed by atoms with Crippen molar-refractivity contribution in [1.82, 2.24) is 0 Å². The highest BCUT2D eigenvalue weighted by atomic mass is 16.5. The number of benzene rings is 1. The number of quaternary nitrogens is 1. The lowest BCUT2D eigenvalue weighted by atomic mass is 9.65. The van der Waals surface area contributed by atoms with Crippen LogP contribution in [0.3, 0.4) is 0 Å². The number of hydrogen-bond donors (Lipinski definition) is 1. The van der Waals surface area contributed by atoms with Crippen molar-refractivity contribution >= 4 is 5.69 Å². The Bertz CT molecular complexity index is 507. The SMILES string of the molecule is CC(C)[C@@]1(CC[NH2+]Cc2ccc(N(C)C)cc2)CCOC(C)(C)C1. The van der Waals surface area contributed by atoms with E-state index >= 15 is 0 Å². The van der Waals surface area contributed by atoms with Crippen molar-refractivity contribution in [3.8, 4) is 0 Å². The van der Waals surface area contributed by atoms with Crippen LogP contribution in [0.4, 0.5) is 5.69 Å². The zero-order valence-electron chi connectivity index (χ0n) is 16.6. The molecule has 0 saturated carbocycles. The van der Waals surface area contributed by atoms with E-state index in [1.54, 1.807) is 0 Å². The Balaban J connectivity index is 1.85. The lowest BCUT2D eigenvalue weighted by Gasteiger charge is -2.47. The molecule has 2 rings (SSSR count). The van der Waals surface area contributed by atoms with Crippen LogP contribution in [-0.4, -0.2) is 32.8 Å². The van der Waals surface area contributed by atoms with E-state index < -0.39 is 0 Å². The molecule has 2 N–H and O–H groups in total. The Morgan fingerprint density at radius 3 is 2.38 bits per heavy atom. The quantitative estimate of drug-likeness (QED) is 0.775. The van der Waals surface area contributed by atoms with Crippen LogP contribution >= 0.6 is 0 Å². The van der Waals surface area contributed by atoms with Gasteiger partial charge in [0.05, 0.1) is 12.1 Å². The molecule has 0 bridgehead atoms. The minimum absolute atomic E-state index is 0.0323. The summed E-state index contributed by atoms with van der Waals surface area (Å²) in [6.07, 6.45) is 3.68. The molecule has 0 spiro atoms. The summed E-state index contributed by atoms with van der Waals surface area (Å²) in [5.41, 5.74) is 3.14. The standard InChI is InChI=1S/C21H36N2O/c1-17(2)21(12-14-24-20(3,4)16-21)11-13-22-15-18-7-9-19(10-8-18)23(5)6/h7-10,17,22H,11-16H2,1-6H3/p+1/t21-/m0/s1. The van der Waals surface area contributed by atoms with Gasteiger partial charge in [-0.05, 0) is 50.2 Å². The van der Waals surface area contributed by atoms with E-state index in [1.165, 1.54) is 37.1 Å². The zero-order chi connectivity index (χ0) is 17.8. The third-order valence-electron chi connectivity index (χ3n) is 5.77. The molecule has 0 amide bonds. The van der Waals surface area contributed by atoms with Gasteiger partial charge in [0.1, 0.15) is 6.54 Å². The van der Waals surface area contributed by atoms with E-state index in [0.29, 0.717) is 11.3 Å². The van der Waals surface area contributed by atoms with Crippen LogP contribution in [0.2, 0.25) is 0 Å². The lowest BCUT2D eigenvalue weighted by Crippen LogP contribution is -2.83. The van der Waals surface area contributed by atoms with E-state index in [4.69, 9.17) is 4.74 Å². The van der Waals surface area contributed by atoms with Crippen LogP contribution in [0.5, 0.6) is 0 Å². The van der Waals surface area contributed by atoms with Crippen molar-refractivity contribution in [2.75, 3.05) is 32.1 Å². The molecule has 1 saturated heterocycles. The fraction of sp³-hybridized carbons (Fsp3) is 0.714. The Hall–Kier alpha value is -1.06. The average Bonchev–Trinajstić information content (AvgIpc) is 2.51. The van der Waals surface area contributed by atoms with E-state index in [2.05, 4.69) is 76.3 Å². The van der Waals surface area contributed by atoms with Crippen LogP contribution in [-0.2, 0) is 11.3 Å². The number of nitrogens with two attached hydrogens (primary N) is 1. The monoisotopic (exact) mass is 333 g/mol. The molecule has 0 unspecified atom stereocenters. The summed E-state index contributed by atoms with van der Waals surface area (Å²) >= 11 is 0. The normalized spacial score (nSPS) is 23.5. The van der Waals surface area contributed by atoms with E-state index in [-0.39, 0.29) is 5.60 Å². The second kappa shape index (κ2) is 7.88. The van der Waals surface area contributed by atoms with Crippen LogP contribution in [0.15, 0.2) is 24.3 Å². The number of hydrogen-bond acceptors (Lipinski definition) is 2. The summed E-state index contributed by atoms with van der Waals surface area (Å²) in [6.45, 7) is 12.5. The second-order valence-electron chi connectivity index (χ2n) is 8.64. The summed E-state index contributed by atoms with van der Waals surface area (Å²) in [6, 6.07) is 8.92. The summed E-state index contributed by atoms with van der Waals surface area (Å²) in [7, 11) is 4.17. The van der Waals surface area contributed by atoms with Crippen LogP contribution < -0.4 is 10.2 Å². The highest BCUT2D eigenvalue weighted by Crippen LogP contribution is 2.46. The molecular weight excluding hydrogens is 296 g/mol. The molecule has 3 heteroatoms. The average molecular weight is 334 g/mol. The van der Waals surface area contributed by atoms with Crippen molar-refractivity contribution in [2.45, 2.75) is 59.1 Å². The largest absolute Gasteiger partial charge is 0.378 e. The summed E-state index contributed by atoms with van der Waals surface area (Å²) < 4.78 is 5.96. The maximum atomic E-state index is 5.96. The number of anilines is 1. The third-order valence-corrected chi connectivity index (χ3v) is 5.77. The molecular formula is C21H37N2O+. The Kier molecular flexibility index (Phi) is 6.33. The topological polar surface area (TPSA) is 29.1 Å². The van der Waals surface area contributed by atoms with Crippen molar-refractivity contribution in [2.24, 2.45) is 11.3 Å². The molecule has 3 nitrogen and oxygen atoms in total. The molecule has 1 aromatic rings. The smallest absolute Gasteiger partial charge is 0.101 e. The van der Waals surface area contributed by atoms with Crippen LogP contribution in [0, 0.1) is 11.3 Å². The Morgan fingerprint density at radius 2 is 1.83 bits per heavy atom. The first-order valence-electron chi connectivity index (χ1n) is 9.46. The predicted molar refractivity (Wildman–Crippen MR) is 102 cm³/mol. The molecule has 0 aliphatic carbocycles. The van der Waals surface area contributed by atoms with Gasteiger partial charge >= 0.3 is 0 Å². The lowest BCUT2D eigenvalue weighted by molar-refractivity contribution is -0.672. The van der Waals surface area contributed by atoms with Crippen molar-refractivity contribution in [1.29, 1.82) is 0 Å². The first-order valence-corrected chi connectivity index (χ1v) is 9.46. The van der Waals surface area contributed by atoms with Gasteiger partial charge < -0.3 is 15.0 Å². The van der Waals surface area contributed by atoms with E-state index in [1.807, 2.05) is 0 Å². The third kappa shape index (κ3) is 4.97. The highest BCUT2D eigenvalue weighted by molar-refractivity contribution is 5.45. The predicted octanol–water partition coefficient (Wildman–Crippen LogP) is 3.44. The fourth-order valence-corrected chi connectivity index (χ4v) is 4.10. The van der Waals surface area contributed by atoms with Crippen LogP contribution in [0.1, 0.15) is 52.5 Å². The minimum atomic E-state index is 0.0323. The Labute approximate surface area is 148 Å². The first kappa shape index (κ1) is 19.3. The number of nitrogens with zero attached hydrogens (tertiary/aromatic N) is 1. The fourth-order valence-electron chi connectivity index (χ4n) is 4.10. The maximum absolute atomic E-state index is 5.96. The van der Waals surface area contributed by atoms with Gasteiger partial charge in [-0.15, -0.1) is 0 Å². The molecule has 136 valence electrons. The molecule has 1 fully saturated rings. The molecule has 1 heterocycles. The van der Waals surface area contributed by atoms with Gasteiger partial charge in [-0.2, -0.15) is 0 Å². The minimum Gasteiger partial charge on any atom is -0.378 e. The number of rotatable bonds is 7. The molecule has 24 heavy (non-hydrogen) atoms. The van der Waals surface area contributed by atoms with Gasteiger partial charge in [0, 0.05) is 38.4 Å². The second-order valence-corrected chi connectivity index (χ2v) is 8.64. The van der Waals surface area contributed by atoms with Gasteiger partial charge in [-0.3, -0.25) is 0 Å². The first-order chi connectivity index (χ1) is 11.2. The van der Waals surface area contributed by atoms with Gasteiger partial charge in [-0.25, -0.2) is 0 Å². The molecule has 0 aromatic heterocycles. The van der Waals surface area contributed by atoms with Gasteiger partial charge in [0.2, 0.25) is 0 Å². The highest BCUT2D eigenvalue weighted by Gasteiger charge is 2.42. The van der Waals surface area contributed by atoms with E-state index in [0.717, 1.165) is 13.2 Å². The summed E-state index contributed by atoms with van der Waals surface area (Å²) in [5.74, 6) is 0.716. The Morgan fingerprint density at radius 1 is 1.17 bits per heavy atom. The van der Waals surface area contributed by atoms with Gasteiger partial charge in [-0.1, -0.05) is 26.0 Å². The zero-order valence-corrected chi connectivity index (χ0v) is 16.6.